The van der Waals surface area contributed by atoms with E-state index >= 15 is 0 Å². The fourth-order valence-electron chi connectivity index (χ4n) is 3.98. The van der Waals surface area contributed by atoms with Crippen LogP contribution in [-0.4, -0.2) is 0 Å². The predicted molar refractivity (Wildman–Crippen MR) is 134 cm³/mol. The monoisotopic (exact) mass is 467 g/mol. The third kappa shape index (κ3) is 4.23. The topological polar surface area (TPSA) is 26.9 Å². The van der Waals surface area contributed by atoms with Crippen LogP contribution in [0.2, 0.25) is 10.0 Å². The van der Waals surface area contributed by atoms with Crippen molar-refractivity contribution in [1.29, 1.82) is 0 Å². The average molecular weight is 468 g/mol. The molecule has 1 aromatic heterocycles. The van der Waals surface area contributed by atoms with Crippen LogP contribution in [0.15, 0.2) is 115 Å². The zero-order valence-electron chi connectivity index (χ0n) is 17.6. The summed E-state index contributed by atoms with van der Waals surface area (Å²) in [6.45, 7) is 0. The molecule has 0 atom stereocenters. The molecule has 0 saturated carbocycles. The van der Waals surface area contributed by atoms with Gasteiger partial charge in [-0.1, -0.05) is 95.7 Å². The van der Waals surface area contributed by atoms with Gasteiger partial charge in [-0.15, -0.1) is 0 Å². The van der Waals surface area contributed by atoms with Gasteiger partial charge >= 0.3 is 0 Å². The van der Waals surface area contributed by atoms with Gasteiger partial charge in [-0.05, 0) is 41.5 Å². The summed E-state index contributed by atoms with van der Waals surface area (Å²) in [5, 5.41) is 12.6. The molecular formula is C29H19Cl2NO. The maximum atomic E-state index is 12.1. The minimum Gasteiger partial charge on any atom is -0.871 e. The second-order valence-corrected chi connectivity index (χ2v) is 8.50. The van der Waals surface area contributed by atoms with Gasteiger partial charge in [0, 0.05) is 34.3 Å². The van der Waals surface area contributed by atoms with E-state index in [1.54, 1.807) is 6.07 Å². The van der Waals surface area contributed by atoms with Crippen molar-refractivity contribution in [2.45, 2.75) is 0 Å². The highest BCUT2D eigenvalue weighted by atomic mass is 35.5. The Labute approximate surface area is 202 Å². The Bertz CT molecular complexity index is 1360. The van der Waals surface area contributed by atoms with E-state index in [0.717, 1.165) is 33.6 Å². The SMILES string of the molecule is [O-]c1cc(Cl)c(-[n+]2c(-c3ccccc3)cc(-c3ccccc3)cc2-c2ccccc2)cc1Cl. The lowest BCUT2D eigenvalue weighted by atomic mass is 9.98. The molecule has 0 unspecified atom stereocenters. The second kappa shape index (κ2) is 9.11. The number of benzene rings is 4. The van der Waals surface area contributed by atoms with E-state index in [4.69, 9.17) is 23.2 Å². The largest absolute Gasteiger partial charge is 0.871 e. The molecule has 160 valence electrons. The van der Waals surface area contributed by atoms with Crippen molar-refractivity contribution in [2.75, 3.05) is 0 Å². The Kier molecular flexibility index (Phi) is 5.87. The minimum atomic E-state index is -0.297. The lowest BCUT2D eigenvalue weighted by Crippen LogP contribution is -2.37. The Balaban J connectivity index is 1.91. The van der Waals surface area contributed by atoms with E-state index < -0.39 is 0 Å². The van der Waals surface area contributed by atoms with E-state index in [1.165, 1.54) is 6.07 Å². The second-order valence-electron chi connectivity index (χ2n) is 7.68. The standard InChI is InChI=1S/C29H19Cl2NO/c30-24-19-29(33)25(31)18-28(24)32-26(21-12-6-2-7-13-21)16-23(20-10-4-1-5-11-20)17-27(32)22-14-8-3-9-15-22/h1-19H. The third-order valence-electron chi connectivity index (χ3n) is 5.55. The highest BCUT2D eigenvalue weighted by Crippen LogP contribution is 2.34. The average Bonchev–Trinajstić information content (AvgIpc) is 2.87. The summed E-state index contributed by atoms with van der Waals surface area (Å²) in [5.74, 6) is -0.297. The van der Waals surface area contributed by atoms with Crippen LogP contribution in [0.25, 0.3) is 39.3 Å². The van der Waals surface area contributed by atoms with Gasteiger partial charge in [0.15, 0.2) is 0 Å². The van der Waals surface area contributed by atoms with Crippen molar-refractivity contribution in [1.82, 2.24) is 0 Å². The Morgan fingerprint density at radius 3 is 1.42 bits per heavy atom. The van der Waals surface area contributed by atoms with Crippen LogP contribution < -0.4 is 9.67 Å². The number of halogens is 2. The smallest absolute Gasteiger partial charge is 0.231 e. The number of nitrogens with zero attached hydrogens (tertiary/aromatic N) is 1. The van der Waals surface area contributed by atoms with Gasteiger partial charge in [-0.3, -0.25) is 0 Å². The molecule has 0 N–H and O–H groups in total. The molecule has 0 saturated heterocycles. The van der Waals surface area contributed by atoms with E-state index in [9.17, 15) is 5.11 Å². The van der Waals surface area contributed by atoms with Crippen molar-refractivity contribution >= 4 is 23.2 Å². The molecular weight excluding hydrogens is 449 g/mol. The van der Waals surface area contributed by atoms with E-state index in [-0.39, 0.29) is 10.8 Å². The molecule has 4 aromatic carbocycles. The first-order chi connectivity index (χ1) is 16.1. The summed E-state index contributed by atoms with van der Waals surface area (Å²) in [6, 6.07) is 37.8. The molecule has 5 rings (SSSR count). The van der Waals surface area contributed by atoms with E-state index in [0.29, 0.717) is 10.7 Å². The summed E-state index contributed by atoms with van der Waals surface area (Å²) in [4.78, 5) is 0. The molecule has 0 spiro atoms. The van der Waals surface area contributed by atoms with Gasteiger partial charge in [-0.25, -0.2) is 0 Å². The lowest BCUT2D eigenvalue weighted by Gasteiger charge is -2.15. The fraction of sp³-hybridized carbons (Fsp3) is 0. The first-order valence-electron chi connectivity index (χ1n) is 10.5. The molecule has 0 radical (unpaired) electrons. The Morgan fingerprint density at radius 1 is 0.485 bits per heavy atom. The van der Waals surface area contributed by atoms with Crippen molar-refractivity contribution < 1.29 is 9.67 Å². The van der Waals surface area contributed by atoms with Crippen molar-refractivity contribution in [3.63, 3.8) is 0 Å². The van der Waals surface area contributed by atoms with Gasteiger partial charge in [0.25, 0.3) is 0 Å². The fourth-order valence-corrected chi connectivity index (χ4v) is 4.38. The highest BCUT2D eigenvalue weighted by Gasteiger charge is 2.27. The van der Waals surface area contributed by atoms with Crippen LogP contribution >= 0.6 is 23.2 Å². The number of rotatable bonds is 4. The quantitative estimate of drug-likeness (QED) is 0.254. The maximum Gasteiger partial charge on any atom is 0.231 e. The Hall–Kier alpha value is -3.59. The first kappa shape index (κ1) is 21.3. The van der Waals surface area contributed by atoms with Gasteiger partial charge < -0.3 is 5.11 Å². The van der Waals surface area contributed by atoms with Gasteiger partial charge in [0.2, 0.25) is 17.1 Å². The van der Waals surface area contributed by atoms with Crippen molar-refractivity contribution in [3.8, 4) is 45.1 Å². The molecule has 33 heavy (non-hydrogen) atoms. The molecule has 0 fully saturated rings. The summed E-state index contributed by atoms with van der Waals surface area (Å²) in [7, 11) is 0. The zero-order chi connectivity index (χ0) is 22.8. The molecule has 4 heteroatoms. The molecule has 0 aliphatic carbocycles. The number of pyridine rings is 1. The number of hydrogen-bond donors (Lipinski definition) is 0. The third-order valence-corrected chi connectivity index (χ3v) is 6.15. The molecule has 0 aliphatic heterocycles. The minimum absolute atomic E-state index is 0.132. The van der Waals surface area contributed by atoms with Crippen LogP contribution in [-0.2, 0) is 0 Å². The van der Waals surface area contributed by atoms with Crippen LogP contribution in [0, 0.1) is 0 Å². The van der Waals surface area contributed by atoms with Crippen LogP contribution in [0.4, 0.5) is 0 Å². The summed E-state index contributed by atoms with van der Waals surface area (Å²) in [5.41, 5.74) is 6.75. The molecule has 0 bridgehead atoms. The van der Waals surface area contributed by atoms with E-state index in [2.05, 4.69) is 53.1 Å². The lowest BCUT2D eigenvalue weighted by molar-refractivity contribution is -0.571. The molecule has 0 amide bonds. The van der Waals surface area contributed by atoms with Gasteiger partial charge in [0.1, 0.15) is 5.02 Å². The number of hydrogen-bond acceptors (Lipinski definition) is 1. The normalized spacial score (nSPS) is 10.8. The van der Waals surface area contributed by atoms with Crippen molar-refractivity contribution in [3.05, 3.63) is 125 Å². The molecule has 2 nitrogen and oxygen atoms in total. The zero-order valence-corrected chi connectivity index (χ0v) is 19.1. The summed E-state index contributed by atoms with van der Waals surface area (Å²) >= 11 is 12.9. The van der Waals surface area contributed by atoms with Crippen LogP contribution in [0.3, 0.4) is 0 Å². The van der Waals surface area contributed by atoms with Gasteiger partial charge in [0.05, 0.1) is 0 Å². The maximum absolute atomic E-state index is 12.1. The predicted octanol–water partition coefficient (Wildman–Crippen LogP) is 7.34. The van der Waals surface area contributed by atoms with Crippen LogP contribution in [0.1, 0.15) is 0 Å². The molecule has 1 heterocycles. The van der Waals surface area contributed by atoms with Gasteiger partial charge in [-0.2, -0.15) is 4.57 Å². The van der Waals surface area contributed by atoms with E-state index in [1.807, 2.05) is 54.6 Å². The first-order valence-corrected chi connectivity index (χ1v) is 11.3. The highest BCUT2D eigenvalue weighted by molar-refractivity contribution is 6.35. The summed E-state index contributed by atoms with van der Waals surface area (Å²) in [6.07, 6.45) is 0. The summed E-state index contributed by atoms with van der Waals surface area (Å²) < 4.78 is 2.07. The Morgan fingerprint density at radius 2 is 0.939 bits per heavy atom. The molecule has 5 aromatic rings. The number of aromatic nitrogens is 1. The van der Waals surface area contributed by atoms with Crippen LogP contribution in [0.5, 0.6) is 5.75 Å². The molecule has 0 aliphatic rings. The van der Waals surface area contributed by atoms with Crippen molar-refractivity contribution in [2.24, 2.45) is 0 Å².